The van der Waals surface area contributed by atoms with Crippen LogP contribution in [-0.2, 0) is 4.79 Å². The number of anilines is 2. The SMILES string of the molecule is CNC1(C(N)=O)CCN(c2ccc(C#N)cc2NC(=O)c2csc(-c3cn[nH]c3)n2)CC1. The summed E-state index contributed by atoms with van der Waals surface area (Å²) in [6.45, 7) is 1.14. The van der Waals surface area contributed by atoms with Crippen LogP contribution < -0.4 is 21.3 Å². The van der Waals surface area contributed by atoms with Gasteiger partial charge >= 0.3 is 0 Å². The summed E-state index contributed by atoms with van der Waals surface area (Å²) in [5.74, 6) is -0.740. The van der Waals surface area contributed by atoms with Gasteiger partial charge in [-0.15, -0.1) is 11.3 Å². The molecule has 2 amide bonds. The van der Waals surface area contributed by atoms with Crippen molar-refractivity contribution < 1.29 is 9.59 Å². The van der Waals surface area contributed by atoms with Gasteiger partial charge in [0.1, 0.15) is 16.2 Å². The largest absolute Gasteiger partial charge is 0.370 e. The fourth-order valence-corrected chi connectivity index (χ4v) is 4.58. The average molecular weight is 451 g/mol. The fraction of sp³-hybridized carbons (Fsp3) is 0.286. The third-order valence-corrected chi connectivity index (χ3v) is 6.66. The van der Waals surface area contributed by atoms with E-state index >= 15 is 0 Å². The quantitative estimate of drug-likeness (QED) is 0.446. The topological polar surface area (TPSA) is 153 Å². The molecule has 1 saturated heterocycles. The monoisotopic (exact) mass is 450 g/mol. The average Bonchev–Trinajstić information content (AvgIpc) is 3.51. The number of benzene rings is 1. The highest BCUT2D eigenvalue weighted by Gasteiger charge is 2.38. The van der Waals surface area contributed by atoms with Gasteiger partial charge in [-0.1, -0.05) is 0 Å². The van der Waals surface area contributed by atoms with E-state index in [0.717, 1.165) is 11.3 Å². The number of likely N-dealkylation sites (N-methyl/N-ethyl adjacent to an activating group) is 1. The predicted molar refractivity (Wildman–Crippen MR) is 121 cm³/mol. The Morgan fingerprint density at radius 1 is 1.34 bits per heavy atom. The third-order valence-electron chi connectivity index (χ3n) is 5.76. The molecular weight excluding hydrogens is 428 g/mol. The molecule has 0 aliphatic carbocycles. The standard InChI is InChI=1S/C21H22N8O2S/c1-24-21(20(23)31)4-6-29(7-5-21)17-3-2-13(9-22)8-15(17)27-18(30)16-12-32-19(28-16)14-10-25-26-11-14/h2-3,8,10-12,24H,4-7H2,1H3,(H2,23,31)(H,25,26)(H,27,30). The molecule has 10 nitrogen and oxygen atoms in total. The Morgan fingerprint density at radius 2 is 2.12 bits per heavy atom. The van der Waals surface area contributed by atoms with Gasteiger partial charge in [-0.25, -0.2) is 4.98 Å². The molecular formula is C21H22N8O2S. The summed E-state index contributed by atoms with van der Waals surface area (Å²) in [4.78, 5) is 31.3. The maximum Gasteiger partial charge on any atom is 0.275 e. The molecule has 0 spiro atoms. The lowest BCUT2D eigenvalue weighted by molar-refractivity contribution is -0.125. The van der Waals surface area contributed by atoms with Gasteiger partial charge in [-0.05, 0) is 38.1 Å². The summed E-state index contributed by atoms with van der Waals surface area (Å²) in [6, 6.07) is 7.26. The number of carbonyl (C=O) groups excluding carboxylic acids is 2. The number of nitriles is 1. The molecule has 0 radical (unpaired) electrons. The Hall–Kier alpha value is -3.75. The second-order valence-corrected chi connectivity index (χ2v) is 8.36. The lowest BCUT2D eigenvalue weighted by Gasteiger charge is -2.41. The van der Waals surface area contributed by atoms with Gasteiger partial charge in [0, 0.05) is 30.2 Å². The molecule has 5 N–H and O–H groups in total. The molecule has 1 aliphatic heterocycles. The van der Waals surface area contributed by atoms with Crippen LogP contribution in [0.25, 0.3) is 10.6 Å². The Morgan fingerprint density at radius 3 is 2.75 bits per heavy atom. The molecule has 0 unspecified atom stereocenters. The minimum Gasteiger partial charge on any atom is -0.370 e. The predicted octanol–water partition coefficient (Wildman–Crippen LogP) is 1.70. The van der Waals surface area contributed by atoms with Crippen LogP contribution in [-0.4, -0.2) is 52.7 Å². The number of nitrogens with one attached hydrogen (secondary N) is 3. The molecule has 3 aromatic rings. The number of rotatable bonds is 6. The highest BCUT2D eigenvalue weighted by atomic mass is 32.1. The van der Waals surface area contributed by atoms with Crippen LogP contribution in [0.15, 0.2) is 36.0 Å². The van der Waals surface area contributed by atoms with Crippen LogP contribution in [0.5, 0.6) is 0 Å². The molecule has 2 aromatic heterocycles. The molecule has 3 heterocycles. The highest BCUT2D eigenvalue weighted by Crippen LogP contribution is 2.33. The minimum absolute atomic E-state index is 0.279. The number of primary amides is 1. The summed E-state index contributed by atoms with van der Waals surface area (Å²) < 4.78 is 0. The second kappa shape index (κ2) is 8.78. The Balaban J connectivity index is 1.56. The van der Waals surface area contributed by atoms with Crippen LogP contribution in [0.3, 0.4) is 0 Å². The number of thiazole rings is 1. The number of carbonyl (C=O) groups is 2. The summed E-state index contributed by atoms with van der Waals surface area (Å²) >= 11 is 1.35. The number of aromatic amines is 1. The lowest BCUT2D eigenvalue weighted by Crippen LogP contribution is -2.59. The van der Waals surface area contributed by atoms with Crippen LogP contribution in [0.1, 0.15) is 28.9 Å². The third kappa shape index (κ3) is 4.05. The first-order valence-electron chi connectivity index (χ1n) is 10.00. The van der Waals surface area contributed by atoms with E-state index in [1.165, 1.54) is 11.3 Å². The van der Waals surface area contributed by atoms with Crippen LogP contribution in [0.4, 0.5) is 11.4 Å². The molecule has 1 aromatic carbocycles. The number of amides is 2. The van der Waals surface area contributed by atoms with Crippen molar-refractivity contribution in [3.8, 4) is 16.6 Å². The van der Waals surface area contributed by atoms with Gasteiger partial charge < -0.3 is 21.3 Å². The maximum atomic E-state index is 12.9. The van der Waals surface area contributed by atoms with E-state index in [0.29, 0.717) is 42.2 Å². The van der Waals surface area contributed by atoms with Crippen molar-refractivity contribution in [2.24, 2.45) is 5.73 Å². The van der Waals surface area contributed by atoms with E-state index in [-0.39, 0.29) is 17.5 Å². The Kier molecular flexibility index (Phi) is 5.89. The number of nitrogens with zero attached hydrogens (tertiary/aromatic N) is 4. The normalized spacial score (nSPS) is 15.2. The molecule has 0 atom stereocenters. The molecule has 164 valence electrons. The van der Waals surface area contributed by atoms with Gasteiger partial charge in [0.15, 0.2) is 0 Å². The van der Waals surface area contributed by atoms with Gasteiger partial charge in [0.2, 0.25) is 5.91 Å². The van der Waals surface area contributed by atoms with E-state index in [1.54, 1.807) is 37.0 Å². The summed E-state index contributed by atoms with van der Waals surface area (Å²) in [5, 5.41) is 24.3. The first kappa shape index (κ1) is 21.5. The smallest absolute Gasteiger partial charge is 0.275 e. The van der Waals surface area contributed by atoms with Crippen LogP contribution >= 0.6 is 11.3 Å². The van der Waals surface area contributed by atoms with Crippen molar-refractivity contribution in [2.75, 3.05) is 30.4 Å². The summed E-state index contributed by atoms with van der Waals surface area (Å²) in [6.07, 6.45) is 4.42. The van der Waals surface area contributed by atoms with Crippen molar-refractivity contribution in [1.29, 1.82) is 5.26 Å². The minimum atomic E-state index is -0.739. The van der Waals surface area contributed by atoms with E-state index in [9.17, 15) is 14.9 Å². The van der Waals surface area contributed by atoms with E-state index in [4.69, 9.17) is 5.73 Å². The highest BCUT2D eigenvalue weighted by molar-refractivity contribution is 7.13. The Bertz CT molecular complexity index is 1170. The number of hydrogen-bond acceptors (Lipinski definition) is 8. The molecule has 32 heavy (non-hydrogen) atoms. The zero-order valence-corrected chi connectivity index (χ0v) is 18.2. The van der Waals surface area contributed by atoms with E-state index in [1.807, 2.05) is 6.07 Å². The molecule has 1 fully saturated rings. The second-order valence-electron chi connectivity index (χ2n) is 7.51. The zero-order valence-electron chi connectivity index (χ0n) is 17.4. The van der Waals surface area contributed by atoms with Gasteiger partial charge in [-0.3, -0.25) is 14.7 Å². The molecule has 0 saturated carbocycles. The molecule has 0 bridgehead atoms. The molecule has 11 heteroatoms. The van der Waals surface area contributed by atoms with Crippen molar-refractivity contribution in [2.45, 2.75) is 18.4 Å². The van der Waals surface area contributed by atoms with Crippen LogP contribution in [0.2, 0.25) is 0 Å². The fourth-order valence-electron chi connectivity index (χ4n) is 3.80. The van der Waals surface area contributed by atoms with E-state index < -0.39 is 5.54 Å². The van der Waals surface area contributed by atoms with Crippen molar-refractivity contribution in [1.82, 2.24) is 20.5 Å². The van der Waals surface area contributed by atoms with Crippen molar-refractivity contribution >= 4 is 34.5 Å². The van der Waals surface area contributed by atoms with Crippen LogP contribution in [0, 0.1) is 11.3 Å². The number of hydrogen-bond donors (Lipinski definition) is 4. The van der Waals surface area contributed by atoms with Gasteiger partial charge in [-0.2, -0.15) is 10.4 Å². The maximum absolute atomic E-state index is 12.9. The zero-order chi connectivity index (χ0) is 22.7. The van der Waals surface area contributed by atoms with Crippen molar-refractivity contribution in [3.05, 3.63) is 47.2 Å². The summed E-state index contributed by atoms with van der Waals surface area (Å²) in [5.41, 5.74) is 7.67. The first-order chi connectivity index (χ1) is 15.5. The molecule has 1 aliphatic rings. The van der Waals surface area contributed by atoms with Gasteiger partial charge in [0.25, 0.3) is 5.91 Å². The lowest BCUT2D eigenvalue weighted by atomic mass is 9.86. The number of H-pyrrole nitrogens is 1. The van der Waals surface area contributed by atoms with E-state index in [2.05, 4.69) is 36.8 Å². The number of aromatic nitrogens is 3. The number of piperidine rings is 1. The number of nitrogens with two attached hydrogens (primary N) is 1. The summed E-state index contributed by atoms with van der Waals surface area (Å²) in [7, 11) is 1.74. The van der Waals surface area contributed by atoms with Crippen molar-refractivity contribution in [3.63, 3.8) is 0 Å². The molecule has 4 rings (SSSR count). The Labute approximate surface area is 188 Å². The van der Waals surface area contributed by atoms with Gasteiger partial charge in [0.05, 0.1) is 29.2 Å². The first-order valence-corrected chi connectivity index (χ1v) is 10.9.